The maximum atomic E-state index is 10.2. The number of para-hydroxylation sites is 5. The van der Waals surface area contributed by atoms with Crippen LogP contribution in [0.25, 0.3) is 66.2 Å². The summed E-state index contributed by atoms with van der Waals surface area (Å²) in [5.74, 6) is 0.798. The van der Waals surface area contributed by atoms with Gasteiger partial charge in [0.15, 0.2) is 0 Å². The number of hydrogen-bond acceptors (Lipinski definition) is 3. The molecule has 0 unspecified atom stereocenters. The molecule has 0 saturated heterocycles. The molecule has 0 fully saturated rings. The summed E-state index contributed by atoms with van der Waals surface area (Å²) in [5.41, 5.74) is 11.0. The van der Waals surface area contributed by atoms with E-state index in [4.69, 9.17) is 4.98 Å². The van der Waals surface area contributed by atoms with Gasteiger partial charge in [0.05, 0.1) is 39.4 Å². The number of fused-ring (bicyclic) bond motifs is 6. The molecular formula is C48H31N5. The van der Waals surface area contributed by atoms with Gasteiger partial charge in [-0.25, -0.2) is 4.98 Å². The summed E-state index contributed by atoms with van der Waals surface area (Å²) in [4.78, 5) is 7.41. The lowest BCUT2D eigenvalue weighted by Gasteiger charge is -2.25. The molecule has 10 aromatic rings. The van der Waals surface area contributed by atoms with Crippen molar-refractivity contribution in [2.24, 2.45) is 0 Å². The third-order valence-electron chi connectivity index (χ3n) is 10.2. The summed E-state index contributed by atoms with van der Waals surface area (Å²) in [5, 5.41) is 14.8. The zero-order valence-electron chi connectivity index (χ0n) is 28.6. The number of anilines is 3. The largest absolute Gasteiger partial charge is 0.310 e. The molecule has 10 rings (SSSR count). The Balaban J connectivity index is 1.23. The van der Waals surface area contributed by atoms with Crippen molar-refractivity contribution < 1.29 is 0 Å². The molecule has 0 aliphatic heterocycles. The molecule has 5 heteroatoms. The van der Waals surface area contributed by atoms with Crippen LogP contribution in [0.3, 0.4) is 0 Å². The molecule has 5 nitrogen and oxygen atoms in total. The molecule has 53 heavy (non-hydrogen) atoms. The van der Waals surface area contributed by atoms with E-state index >= 15 is 0 Å². The SMILES string of the molecule is N#Cc1ccc(-n2c3ccccc3c3ccccc32)c(-c2cccnc2-n2c3ccccc3c3cc(N(c4ccccc4)c4ccccc4)ccc32)c1. The Morgan fingerprint density at radius 1 is 0.434 bits per heavy atom. The molecule has 0 saturated carbocycles. The molecule has 0 aliphatic carbocycles. The van der Waals surface area contributed by atoms with E-state index in [1.54, 1.807) is 0 Å². The smallest absolute Gasteiger partial charge is 0.145 e. The number of nitriles is 1. The highest BCUT2D eigenvalue weighted by Gasteiger charge is 2.22. The van der Waals surface area contributed by atoms with E-state index in [9.17, 15) is 5.26 Å². The van der Waals surface area contributed by atoms with Gasteiger partial charge in [-0.15, -0.1) is 0 Å². The molecule has 0 N–H and O–H groups in total. The second-order valence-corrected chi connectivity index (χ2v) is 13.1. The van der Waals surface area contributed by atoms with Crippen molar-refractivity contribution in [3.63, 3.8) is 0 Å². The first kappa shape index (κ1) is 30.4. The second kappa shape index (κ2) is 12.4. The van der Waals surface area contributed by atoms with Gasteiger partial charge in [-0.1, -0.05) is 91.0 Å². The molecule has 0 amide bonds. The van der Waals surface area contributed by atoms with E-state index in [0.29, 0.717) is 5.56 Å². The van der Waals surface area contributed by atoms with Crippen LogP contribution in [0.2, 0.25) is 0 Å². The number of benzene rings is 7. The zero-order valence-corrected chi connectivity index (χ0v) is 28.6. The van der Waals surface area contributed by atoms with E-state index in [0.717, 1.165) is 72.5 Å². The first-order chi connectivity index (χ1) is 26.3. The topological polar surface area (TPSA) is 49.8 Å². The van der Waals surface area contributed by atoms with E-state index < -0.39 is 0 Å². The maximum Gasteiger partial charge on any atom is 0.145 e. The third-order valence-corrected chi connectivity index (χ3v) is 10.2. The molecule has 0 atom stereocenters. The summed E-state index contributed by atoms with van der Waals surface area (Å²) in [7, 11) is 0. The van der Waals surface area contributed by atoms with Gasteiger partial charge in [-0.2, -0.15) is 5.26 Å². The van der Waals surface area contributed by atoms with Crippen LogP contribution in [0.5, 0.6) is 0 Å². The predicted octanol–water partition coefficient (Wildman–Crippen LogP) is 12.3. The van der Waals surface area contributed by atoms with E-state index in [1.165, 1.54) is 10.8 Å². The molecule has 248 valence electrons. The van der Waals surface area contributed by atoms with Gasteiger partial charge < -0.3 is 9.47 Å². The van der Waals surface area contributed by atoms with Gasteiger partial charge in [-0.3, -0.25) is 4.57 Å². The lowest BCUT2D eigenvalue weighted by atomic mass is 10.0. The molecule has 3 aromatic heterocycles. The van der Waals surface area contributed by atoms with Crippen LogP contribution in [0.15, 0.2) is 188 Å². The molecule has 0 bridgehead atoms. The summed E-state index contributed by atoms with van der Waals surface area (Å²) in [6.07, 6.45) is 1.86. The fraction of sp³-hybridized carbons (Fsp3) is 0. The average Bonchev–Trinajstić information content (AvgIpc) is 3.74. The first-order valence-corrected chi connectivity index (χ1v) is 17.7. The highest BCUT2D eigenvalue weighted by molar-refractivity contribution is 6.12. The van der Waals surface area contributed by atoms with E-state index in [-0.39, 0.29) is 0 Å². The Morgan fingerprint density at radius 3 is 1.60 bits per heavy atom. The van der Waals surface area contributed by atoms with Crippen molar-refractivity contribution >= 4 is 60.7 Å². The summed E-state index contributed by atoms with van der Waals surface area (Å²) in [6, 6.07) is 65.7. The Labute approximate surface area is 306 Å². The Bertz CT molecular complexity index is 2930. The Morgan fingerprint density at radius 2 is 0.981 bits per heavy atom. The second-order valence-electron chi connectivity index (χ2n) is 13.1. The maximum absolute atomic E-state index is 10.2. The Kier molecular flexibility index (Phi) is 7.12. The minimum Gasteiger partial charge on any atom is -0.310 e. The van der Waals surface area contributed by atoms with Crippen LogP contribution >= 0.6 is 0 Å². The first-order valence-electron chi connectivity index (χ1n) is 17.7. The number of nitrogens with zero attached hydrogens (tertiary/aromatic N) is 5. The predicted molar refractivity (Wildman–Crippen MR) is 218 cm³/mol. The molecule has 7 aromatic carbocycles. The van der Waals surface area contributed by atoms with Gasteiger partial charge >= 0.3 is 0 Å². The third kappa shape index (κ3) is 4.89. The standard InChI is InChI=1S/C48H31N5/c49-32-33-25-27-46(52-43-22-10-7-18-37(43)38-19-8-11-23-44(38)52)41(30-33)40-21-13-29-50-48(40)53-45-24-12-9-20-39(45)42-31-36(26-28-47(42)53)51(34-14-3-1-4-15-34)35-16-5-2-6-17-35/h1-31H. The van der Waals surface area contributed by atoms with Crippen LogP contribution in [0.1, 0.15) is 5.56 Å². The molecular weight excluding hydrogens is 647 g/mol. The van der Waals surface area contributed by atoms with Crippen LogP contribution < -0.4 is 4.90 Å². The van der Waals surface area contributed by atoms with Crippen LogP contribution in [0, 0.1) is 11.3 Å². The number of hydrogen-bond donors (Lipinski definition) is 0. The van der Waals surface area contributed by atoms with Gasteiger partial charge in [0.1, 0.15) is 5.82 Å². The highest BCUT2D eigenvalue weighted by Crippen LogP contribution is 2.42. The van der Waals surface area contributed by atoms with Crippen molar-refractivity contribution in [1.29, 1.82) is 5.26 Å². The quantitative estimate of drug-likeness (QED) is 0.176. The van der Waals surface area contributed by atoms with Crippen LogP contribution in [0.4, 0.5) is 17.1 Å². The Hall–Kier alpha value is -7.42. The number of aromatic nitrogens is 3. The molecule has 0 aliphatic rings. The minimum atomic E-state index is 0.591. The summed E-state index contributed by atoms with van der Waals surface area (Å²) < 4.78 is 4.59. The van der Waals surface area contributed by atoms with Gasteiger partial charge in [-0.05, 0) is 91.0 Å². The monoisotopic (exact) mass is 677 g/mol. The zero-order chi connectivity index (χ0) is 35.3. The molecule has 0 spiro atoms. The lowest BCUT2D eigenvalue weighted by molar-refractivity contribution is 1.08. The van der Waals surface area contributed by atoms with Crippen molar-refractivity contribution in [1.82, 2.24) is 14.1 Å². The van der Waals surface area contributed by atoms with Crippen molar-refractivity contribution in [2.45, 2.75) is 0 Å². The fourth-order valence-electron chi connectivity index (χ4n) is 7.91. The van der Waals surface area contributed by atoms with Crippen molar-refractivity contribution in [2.75, 3.05) is 4.90 Å². The average molecular weight is 678 g/mol. The minimum absolute atomic E-state index is 0.591. The normalized spacial score (nSPS) is 11.4. The number of rotatable bonds is 6. The molecule has 0 radical (unpaired) electrons. The van der Waals surface area contributed by atoms with Crippen molar-refractivity contribution in [3.05, 3.63) is 194 Å². The van der Waals surface area contributed by atoms with Crippen LogP contribution in [-0.2, 0) is 0 Å². The fourth-order valence-corrected chi connectivity index (χ4v) is 7.91. The summed E-state index contributed by atoms with van der Waals surface area (Å²) >= 11 is 0. The lowest BCUT2D eigenvalue weighted by Crippen LogP contribution is -2.09. The number of pyridine rings is 1. The van der Waals surface area contributed by atoms with E-state index in [1.807, 2.05) is 36.5 Å². The van der Waals surface area contributed by atoms with Gasteiger partial charge in [0.25, 0.3) is 0 Å². The van der Waals surface area contributed by atoms with Crippen LogP contribution in [-0.4, -0.2) is 14.1 Å². The van der Waals surface area contributed by atoms with Gasteiger partial charge in [0, 0.05) is 55.9 Å². The van der Waals surface area contributed by atoms with Crippen molar-refractivity contribution in [3.8, 4) is 28.7 Å². The van der Waals surface area contributed by atoms with E-state index in [2.05, 4.69) is 172 Å². The van der Waals surface area contributed by atoms with Gasteiger partial charge in [0.2, 0.25) is 0 Å². The highest BCUT2D eigenvalue weighted by atomic mass is 15.1. The molecule has 3 heterocycles. The summed E-state index contributed by atoms with van der Waals surface area (Å²) in [6.45, 7) is 0.